The second-order valence-electron chi connectivity index (χ2n) is 8.90. The van der Waals surface area contributed by atoms with E-state index in [4.69, 9.17) is 9.47 Å². The molecule has 3 aliphatic heterocycles. The summed E-state index contributed by atoms with van der Waals surface area (Å²) >= 11 is 0. The van der Waals surface area contributed by atoms with E-state index in [2.05, 4.69) is 12.1 Å². The maximum absolute atomic E-state index is 14.1. The van der Waals surface area contributed by atoms with E-state index in [1.54, 1.807) is 20.3 Å². The molecule has 0 aromatic heterocycles. The molecule has 2 aromatic rings. The Kier molecular flexibility index (Phi) is 5.53. The first kappa shape index (κ1) is 20.9. The summed E-state index contributed by atoms with van der Waals surface area (Å²) in [6, 6.07) is 11.5. The van der Waals surface area contributed by atoms with Crippen molar-refractivity contribution in [2.24, 2.45) is 0 Å². The number of amides is 2. The fraction of sp³-hybridized carbons (Fsp3) is 0.462. The molecule has 2 atom stereocenters. The zero-order chi connectivity index (χ0) is 22.2. The van der Waals surface area contributed by atoms with Gasteiger partial charge in [-0.05, 0) is 48.1 Å². The Bertz CT molecular complexity index is 1040. The highest BCUT2D eigenvalue weighted by atomic mass is 16.5. The Morgan fingerprint density at radius 3 is 2.31 bits per heavy atom. The SMILES string of the molecule is COc1cc2c(cc1OC)[C@@H](C(=O)N1CCCCCC1)[C@H]1c3ccccc3CCN1C2=O. The number of nitrogens with zero attached hydrogens (tertiary/aromatic N) is 2. The van der Waals surface area contributed by atoms with Crippen LogP contribution in [0.5, 0.6) is 11.5 Å². The minimum absolute atomic E-state index is 0.0413. The van der Waals surface area contributed by atoms with E-state index >= 15 is 0 Å². The van der Waals surface area contributed by atoms with Gasteiger partial charge in [0.2, 0.25) is 5.91 Å². The standard InChI is InChI=1S/C26H30N2O4/c1-31-21-15-19-20(16-22(21)32-2)25(29)28-14-11-17-9-5-6-10-18(17)24(28)23(19)26(30)27-12-7-3-4-8-13-27/h5-6,9-10,15-16,23-24H,3-4,7-8,11-14H2,1-2H3/t23-,24-/m1/s1. The van der Waals surface area contributed by atoms with Gasteiger partial charge in [-0.2, -0.15) is 0 Å². The molecule has 3 heterocycles. The number of hydrogen-bond donors (Lipinski definition) is 0. The number of carbonyl (C=O) groups is 2. The number of likely N-dealkylation sites (tertiary alicyclic amines) is 1. The molecule has 2 amide bonds. The summed E-state index contributed by atoms with van der Waals surface area (Å²) in [6.07, 6.45) is 5.17. The van der Waals surface area contributed by atoms with Crippen molar-refractivity contribution in [3.8, 4) is 11.5 Å². The van der Waals surface area contributed by atoms with Crippen molar-refractivity contribution in [3.63, 3.8) is 0 Å². The van der Waals surface area contributed by atoms with Gasteiger partial charge in [0.1, 0.15) is 0 Å². The van der Waals surface area contributed by atoms with Crippen LogP contribution < -0.4 is 9.47 Å². The van der Waals surface area contributed by atoms with Gasteiger partial charge in [-0.1, -0.05) is 37.1 Å². The van der Waals surface area contributed by atoms with Gasteiger partial charge >= 0.3 is 0 Å². The van der Waals surface area contributed by atoms with Crippen molar-refractivity contribution < 1.29 is 19.1 Å². The van der Waals surface area contributed by atoms with E-state index in [0.29, 0.717) is 23.6 Å². The molecule has 0 aliphatic carbocycles. The lowest BCUT2D eigenvalue weighted by molar-refractivity contribution is -0.134. The van der Waals surface area contributed by atoms with Crippen molar-refractivity contribution in [1.82, 2.24) is 9.80 Å². The third kappa shape index (κ3) is 3.33. The smallest absolute Gasteiger partial charge is 0.254 e. The fourth-order valence-corrected chi connectivity index (χ4v) is 5.60. The molecule has 2 aromatic carbocycles. The highest BCUT2D eigenvalue weighted by Gasteiger charge is 2.48. The lowest BCUT2D eigenvalue weighted by Gasteiger charge is -2.46. The van der Waals surface area contributed by atoms with E-state index in [9.17, 15) is 9.59 Å². The number of fused-ring (bicyclic) bond motifs is 4. The highest BCUT2D eigenvalue weighted by Crippen LogP contribution is 2.49. The van der Waals surface area contributed by atoms with Crippen LogP contribution in [0.2, 0.25) is 0 Å². The summed E-state index contributed by atoms with van der Waals surface area (Å²) in [5.41, 5.74) is 3.60. The Labute approximate surface area is 189 Å². The van der Waals surface area contributed by atoms with E-state index in [-0.39, 0.29) is 17.9 Å². The Morgan fingerprint density at radius 2 is 1.59 bits per heavy atom. The number of methoxy groups -OCH3 is 2. The molecule has 0 unspecified atom stereocenters. The maximum atomic E-state index is 14.1. The highest BCUT2D eigenvalue weighted by molar-refractivity contribution is 6.02. The average Bonchev–Trinajstić information content (AvgIpc) is 3.13. The first-order valence-corrected chi connectivity index (χ1v) is 11.6. The number of ether oxygens (including phenoxy) is 2. The van der Waals surface area contributed by atoms with Gasteiger partial charge < -0.3 is 19.3 Å². The topological polar surface area (TPSA) is 59.1 Å². The molecule has 6 nitrogen and oxygen atoms in total. The first-order valence-electron chi connectivity index (χ1n) is 11.6. The van der Waals surface area contributed by atoms with Crippen LogP contribution in [-0.4, -0.2) is 55.5 Å². The second kappa shape index (κ2) is 8.49. The monoisotopic (exact) mass is 434 g/mol. The lowest BCUT2D eigenvalue weighted by Crippen LogP contribution is -2.51. The predicted molar refractivity (Wildman–Crippen MR) is 121 cm³/mol. The summed E-state index contributed by atoms with van der Waals surface area (Å²) in [4.78, 5) is 31.7. The van der Waals surface area contributed by atoms with Gasteiger partial charge in [0, 0.05) is 25.2 Å². The Balaban J connectivity index is 1.69. The molecular weight excluding hydrogens is 404 g/mol. The molecule has 6 heteroatoms. The molecule has 0 radical (unpaired) electrons. The van der Waals surface area contributed by atoms with Gasteiger partial charge in [-0.3, -0.25) is 9.59 Å². The van der Waals surface area contributed by atoms with Crippen molar-refractivity contribution in [2.45, 2.75) is 44.1 Å². The molecule has 1 saturated heterocycles. The van der Waals surface area contributed by atoms with Crippen LogP contribution in [0.4, 0.5) is 0 Å². The van der Waals surface area contributed by atoms with Gasteiger partial charge in [0.15, 0.2) is 11.5 Å². The van der Waals surface area contributed by atoms with Crippen LogP contribution in [-0.2, 0) is 11.2 Å². The van der Waals surface area contributed by atoms with Crippen LogP contribution in [0.15, 0.2) is 36.4 Å². The van der Waals surface area contributed by atoms with Crippen molar-refractivity contribution in [1.29, 1.82) is 0 Å². The van der Waals surface area contributed by atoms with Crippen LogP contribution in [0.3, 0.4) is 0 Å². The summed E-state index contributed by atoms with van der Waals surface area (Å²) in [6.45, 7) is 2.17. The lowest BCUT2D eigenvalue weighted by atomic mass is 9.75. The van der Waals surface area contributed by atoms with Crippen molar-refractivity contribution in [2.75, 3.05) is 33.9 Å². The van der Waals surface area contributed by atoms with E-state index in [1.165, 1.54) is 5.56 Å². The molecule has 0 saturated carbocycles. The zero-order valence-electron chi connectivity index (χ0n) is 18.8. The molecule has 5 rings (SSSR count). The van der Waals surface area contributed by atoms with Crippen LogP contribution >= 0.6 is 0 Å². The van der Waals surface area contributed by atoms with Crippen LogP contribution in [0, 0.1) is 0 Å². The van der Waals surface area contributed by atoms with Crippen molar-refractivity contribution in [3.05, 3.63) is 58.7 Å². The number of hydrogen-bond acceptors (Lipinski definition) is 4. The molecule has 0 spiro atoms. The van der Waals surface area contributed by atoms with Gasteiger partial charge in [0.25, 0.3) is 5.91 Å². The maximum Gasteiger partial charge on any atom is 0.254 e. The number of rotatable bonds is 3. The van der Waals surface area contributed by atoms with Gasteiger partial charge in [-0.15, -0.1) is 0 Å². The fourth-order valence-electron chi connectivity index (χ4n) is 5.60. The average molecular weight is 435 g/mol. The summed E-state index contributed by atoms with van der Waals surface area (Å²) in [7, 11) is 3.15. The molecule has 0 N–H and O–H groups in total. The second-order valence-corrected chi connectivity index (χ2v) is 8.90. The third-order valence-corrected chi connectivity index (χ3v) is 7.21. The quantitative estimate of drug-likeness (QED) is 0.734. The molecule has 1 fully saturated rings. The summed E-state index contributed by atoms with van der Waals surface area (Å²) in [5.74, 6) is 0.670. The van der Waals surface area contributed by atoms with E-state index in [1.807, 2.05) is 28.0 Å². The van der Waals surface area contributed by atoms with Crippen molar-refractivity contribution >= 4 is 11.8 Å². The molecule has 168 valence electrons. The minimum atomic E-state index is -0.456. The Morgan fingerprint density at radius 1 is 0.906 bits per heavy atom. The Hall–Kier alpha value is -3.02. The van der Waals surface area contributed by atoms with Gasteiger partial charge in [0.05, 0.1) is 26.2 Å². The number of carbonyl (C=O) groups excluding carboxylic acids is 2. The minimum Gasteiger partial charge on any atom is -0.493 e. The van der Waals surface area contributed by atoms with Crippen LogP contribution in [0.1, 0.15) is 64.7 Å². The molecule has 0 bridgehead atoms. The number of benzene rings is 2. The molecule has 3 aliphatic rings. The zero-order valence-corrected chi connectivity index (χ0v) is 18.8. The van der Waals surface area contributed by atoms with Gasteiger partial charge in [-0.25, -0.2) is 0 Å². The molecular formula is C26H30N2O4. The predicted octanol–water partition coefficient (Wildman–Crippen LogP) is 3.94. The van der Waals surface area contributed by atoms with E-state index < -0.39 is 5.92 Å². The first-order chi connectivity index (χ1) is 15.6. The summed E-state index contributed by atoms with van der Waals surface area (Å²) < 4.78 is 11.0. The molecule has 32 heavy (non-hydrogen) atoms. The van der Waals surface area contributed by atoms with Crippen LogP contribution in [0.25, 0.3) is 0 Å². The third-order valence-electron chi connectivity index (χ3n) is 7.21. The largest absolute Gasteiger partial charge is 0.493 e. The summed E-state index contributed by atoms with van der Waals surface area (Å²) in [5, 5.41) is 0. The van der Waals surface area contributed by atoms with E-state index in [0.717, 1.165) is 56.3 Å². The normalized spacial score (nSPS) is 22.4.